The maximum absolute atomic E-state index is 12.4. The van der Waals surface area contributed by atoms with E-state index in [-0.39, 0.29) is 12.6 Å². The van der Waals surface area contributed by atoms with Crippen LogP contribution in [0.1, 0.15) is 0 Å². The third kappa shape index (κ3) is 4.07. The van der Waals surface area contributed by atoms with Crippen LogP contribution < -0.4 is 5.32 Å². The predicted molar refractivity (Wildman–Crippen MR) is 91.7 cm³/mol. The maximum Gasteiger partial charge on any atom is 0.321 e. The van der Waals surface area contributed by atoms with Crippen molar-refractivity contribution in [3.8, 4) is 10.6 Å². The molecule has 0 bridgehead atoms. The normalized spacial score (nSPS) is 15.6. The van der Waals surface area contributed by atoms with Gasteiger partial charge in [-0.05, 0) is 12.1 Å². The van der Waals surface area contributed by atoms with Crippen LogP contribution in [-0.2, 0) is 0 Å². The number of carbonyl (C=O) groups excluding carboxylic acids is 1. The minimum absolute atomic E-state index is 0.0788. The topological polar surface area (TPSA) is 68.7 Å². The summed E-state index contributed by atoms with van der Waals surface area (Å²) in [7, 11) is 0. The van der Waals surface area contributed by atoms with Gasteiger partial charge >= 0.3 is 6.03 Å². The predicted octanol–water partition coefficient (Wildman–Crippen LogP) is 1.95. The number of aliphatic hydroxyl groups excluding tert-OH is 1. The Bertz CT molecular complexity index is 639. The Morgan fingerprint density at radius 1 is 1.30 bits per heavy atom. The summed E-state index contributed by atoms with van der Waals surface area (Å²) in [6.45, 7) is 3.79. The Balaban J connectivity index is 1.59. The SMILES string of the molecule is O=C(Nc1cccc(-c2nccs2)c1)N1CCN(CCO)CC1. The van der Waals surface area contributed by atoms with Crippen molar-refractivity contribution in [2.24, 2.45) is 0 Å². The van der Waals surface area contributed by atoms with Crippen molar-refractivity contribution < 1.29 is 9.90 Å². The van der Waals surface area contributed by atoms with E-state index in [1.54, 1.807) is 17.5 Å². The Kier molecular flexibility index (Phi) is 5.22. The average molecular weight is 332 g/mol. The number of amides is 2. The summed E-state index contributed by atoms with van der Waals surface area (Å²) in [5, 5.41) is 14.8. The van der Waals surface area contributed by atoms with E-state index in [1.807, 2.05) is 34.5 Å². The van der Waals surface area contributed by atoms with Crippen molar-refractivity contribution in [2.45, 2.75) is 0 Å². The van der Waals surface area contributed by atoms with Crippen molar-refractivity contribution in [3.05, 3.63) is 35.8 Å². The van der Waals surface area contributed by atoms with E-state index in [0.29, 0.717) is 19.6 Å². The first-order valence-corrected chi connectivity index (χ1v) is 8.53. The average Bonchev–Trinajstić information content (AvgIpc) is 3.11. The third-order valence-corrected chi connectivity index (χ3v) is 4.69. The van der Waals surface area contributed by atoms with Gasteiger partial charge < -0.3 is 15.3 Å². The molecule has 1 fully saturated rings. The van der Waals surface area contributed by atoms with Crippen molar-refractivity contribution in [2.75, 3.05) is 44.6 Å². The number of anilines is 1. The number of aromatic nitrogens is 1. The lowest BCUT2D eigenvalue weighted by atomic mass is 10.2. The number of thiazole rings is 1. The van der Waals surface area contributed by atoms with E-state index >= 15 is 0 Å². The molecule has 0 atom stereocenters. The summed E-state index contributed by atoms with van der Waals surface area (Å²) in [6.07, 6.45) is 1.77. The van der Waals surface area contributed by atoms with Crippen LogP contribution in [0, 0.1) is 0 Å². The second kappa shape index (κ2) is 7.54. The van der Waals surface area contributed by atoms with Gasteiger partial charge in [0.2, 0.25) is 0 Å². The molecule has 122 valence electrons. The molecule has 1 aliphatic heterocycles. The molecule has 0 unspecified atom stereocenters. The number of aliphatic hydroxyl groups is 1. The Labute approximate surface area is 139 Å². The van der Waals surface area contributed by atoms with Gasteiger partial charge in [0.05, 0.1) is 6.61 Å². The van der Waals surface area contributed by atoms with Gasteiger partial charge in [0.1, 0.15) is 5.01 Å². The fourth-order valence-corrected chi connectivity index (χ4v) is 3.25. The highest BCUT2D eigenvalue weighted by molar-refractivity contribution is 7.13. The molecule has 0 radical (unpaired) electrons. The van der Waals surface area contributed by atoms with Crippen LogP contribution in [0.15, 0.2) is 35.8 Å². The lowest BCUT2D eigenvalue weighted by molar-refractivity contribution is 0.127. The van der Waals surface area contributed by atoms with E-state index in [9.17, 15) is 4.79 Å². The summed E-state index contributed by atoms with van der Waals surface area (Å²) in [5.41, 5.74) is 1.78. The minimum atomic E-state index is -0.0788. The van der Waals surface area contributed by atoms with E-state index in [1.165, 1.54) is 0 Å². The second-order valence-corrected chi connectivity index (χ2v) is 6.30. The Morgan fingerprint density at radius 3 is 2.83 bits per heavy atom. The highest BCUT2D eigenvalue weighted by Crippen LogP contribution is 2.24. The number of rotatable bonds is 4. The van der Waals surface area contributed by atoms with Gasteiger partial charge in [0.15, 0.2) is 0 Å². The third-order valence-electron chi connectivity index (χ3n) is 3.87. The fraction of sp³-hybridized carbons (Fsp3) is 0.375. The van der Waals surface area contributed by atoms with Gasteiger partial charge in [0.25, 0.3) is 0 Å². The quantitative estimate of drug-likeness (QED) is 0.898. The van der Waals surface area contributed by atoms with Crippen LogP contribution in [0.2, 0.25) is 0 Å². The summed E-state index contributed by atoms with van der Waals surface area (Å²) in [5.74, 6) is 0. The molecule has 1 aromatic heterocycles. The van der Waals surface area contributed by atoms with Crippen molar-refractivity contribution in [1.82, 2.24) is 14.8 Å². The lowest BCUT2D eigenvalue weighted by Gasteiger charge is -2.34. The zero-order valence-electron chi connectivity index (χ0n) is 12.8. The number of hydrogen-bond donors (Lipinski definition) is 2. The fourth-order valence-electron chi connectivity index (χ4n) is 2.61. The number of piperazine rings is 1. The Morgan fingerprint density at radius 2 is 2.13 bits per heavy atom. The van der Waals surface area contributed by atoms with Crippen molar-refractivity contribution in [1.29, 1.82) is 0 Å². The molecule has 0 aliphatic carbocycles. The van der Waals surface area contributed by atoms with Crippen LogP contribution in [0.25, 0.3) is 10.6 Å². The van der Waals surface area contributed by atoms with Gasteiger partial charge in [-0.25, -0.2) is 9.78 Å². The van der Waals surface area contributed by atoms with E-state index in [2.05, 4.69) is 15.2 Å². The number of hydrogen-bond acceptors (Lipinski definition) is 5. The molecule has 23 heavy (non-hydrogen) atoms. The smallest absolute Gasteiger partial charge is 0.321 e. The molecular weight excluding hydrogens is 312 g/mol. The molecule has 7 heteroatoms. The summed E-state index contributed by atoms with van der Waals surface area (Å²) in [4.78, 5) is 20.6. The summed E-state index contributed by atoms with van der Waals surface area (Å²) in [6, 6.07) is 7.66. The number of benzene rings is 1. The van der Waals surface area contributed by atoms with Crippen LogP contribution in [0.5, 0.6) is 0 Å². The molecule has 1 aromatic carbocycles. The van der Waals surface area contributed by atoms with Crippen LogP contribution in [0.4, 0.5) is 10.5 Å². The number of urea groups is 1. The van der Waals surface area contributed by atoms with Gasteiger partial charge in [-0.1, -0.05) is 12.1 Å². The zero-order chi connectivity index (χ0) is 16.1. The molecule has 6 nitrogen and oxygen atoms in total. The van der Waals surface area contributed by atoms with E-state index in [0.717, 1.165) is 29.3 Å². The first kappa shape index (κ1) is 15.9. The lowest BCUT2D eigenvalue weighted by Crippen LogP contribution is -2.50. The molecular formula is C16H20N4O2S. The first-order chi connectivity index (χ1) is 11.3. The molecule has 2 heterocycles. The van der Waals surface area contributed by atoms with Gasteiger partial charge in [-0.15, -0.1) is 11.3 Å². The number of nitrogens with one attached hydrogen (secondary N) is 1. The maximum atomic E-state index is 12.4. The molecule has 3 rings (SSSR count). The molecule has 0 spiro atoms. The largest absolute Gasteiger partial charge is 0.395 e. The monoisotopic (exact) mass is 332 g/mol. The Hall–Kier alpha value is -1.96. The number of β-amino-alcohol motifs (C(OH)–C–C–N with tert-alkyl or cyclic N) is 1. The molecule has 1 aliphatic rings. The molecule has 1 saturated heterocycles. The highest BCUT2D eigenvalue weighted by Gasteiger charge is 2.20. The van der Waals surface area contributed by atoms with Crippen molar-refractivity contribution in [3.63, 3.8) is 0 Å². The molecule has 0 saturated carbocycles. The summed E-state index contributed by atoms with van der Waals surface area (Å²) >= 11 is 1.58. The highest BCUT2D eigenvalue weighted by atomic mass is 32.1. The van der Waals surface area contributed by atoms with Gasteiger partial charge in [-0.2, -0.15) is 0 Å². The second-order valence-electron chi connectivity index (χ2n) is 5.40. The van der Waals surface area contributed by atoms with Crippen LogP contribution >= 0.6 is 11.3 Å². The van der Waals surface area contributed by atoms with Gasteiger partial charge in [0, 0.05) is 55.6 Å². The van der Waals surface area contributed by atoms with Gasteiger partial charge in [-0.3, -0.25) is 4.90 Å². The number of carbonyl (C=O) groups is 1. The standard InChI is InChI=1S/C16H20N4O2S/c21-10-9-19-5-7-20(8-6-19)16(22)18-14-3-1-2-13(12-14)15-17-4-11-23-15/h1-4,11-12,21H,5-10H2,(H,18,22). The van der Waals surface area contributed by atoms with Crippen LogP contribution in [-0.4, -0.2) is 65.3 Å². The first-order valence-electron chi connectivity index (χ1n) is 7.65. The number of nitrogens with zero attached hydrogens (tertiary/aromatic N) is 3. The summed E-state index contributed by atoms with van der Waals surface area (Å²) < 4.78 is 0. The van der Waals surface area contributed by atoms with E-state index in [4.69, 9.17) is 5.11 Å². The minimum Gasteiger partial charge on any atom is -0.395 e. The van der Waals surface area contributed by atoms with Crippen LogP contribution in [0.3, 0.4) is 0 Å². The van der Waals surface area contributed by atoms with Crippen molar-refractivity contribution >= 4 is 23.1 Å². The molecule has 2 N–H and O–H groups in total. The zero-order valence-corrected chi connectivity index (χ0v) is 13.6. The van der Waals surface area contributed by atoms with E-state index < -0.39 is 0 Å². The molecule has 2 aromatic rings. The molecule has 2 amide bonds.